The van der Waals surface area contributed by atoms with Crippen molar-refractivity contribution in [2.24, 2.45) is 0 Å². The number of methoxy groups -OCH3 is 1. The zero-order valence-electron chi connectivity index (χ0n) is 19.0. The number of hydrogen-bond acceptors (Lipinski definition) is 5. The number of carbonyl (C=O) groups is 2. The van der Waals surface area contributed by atoms with E-state index >= 15 is 0 Å². The van der Waals surface area contributed by atoms with Gasteiger partial charge in [-0.1, -0.05) is 47.5 Å². The molecule has 3 aromatic carbocycles. The van der Waals surface area contributed by atoms with Crippen LogP contribution in [0.4, 0.5) is 13.2 Å². The molecular weight excluding hydrogens is 534 g/mol. The van der Waals surface area contributed by atoms with Crippen LogP contribution < -0.4 is 4.74 Å². The predicted octanol–water partition coefficient (Wildman–Crippen LogP) is 6.35. The molecule has 3 aromatic rings. The van der Waals surface area contributed by atoms with Crippen LogP contribution in [0.3, 0.4) is 0 Å². The molecule has 6 nitrogen and oxygen atoms in total. The fourth-order valence-corrected chi connectivity index (χ4v) is 4.78. The first-order valence-corrected chi connectivity index (χ1v) is 11.4. The number of Topliss-reactive ketones (excluding diaryl/α,β-unsaturated/α-hetero) is 1. The van der Waals surface area contributed by atoms with Gasteiger partial charge in [-0.2, -0.15) is 13.2 Å². The number of aliphatic hydroxyl groups is 1. The first-order valence-electron chi connectivity index (χ1n) is 10.7. The molecule has 4 rings (SSSR count). The van der Waals surface area contributed by atoms with Crippen LogP contribution in [-0.4, -0.2) is 33.9 Å². The number of rotatable bonds is 5. The average Bonchev–Trinajstić information content (AvgIpc) is 3.08. The summed E-state index contributed by atoms with van der Waals surface area (Å²) in [6.07, 6.45) is -4.60. The maximum Gasteiger partial charge on any atom is 0.416 e. The van der Waals surface area contributed by atoms with Crippen molar-refractivity contribution >= 4 is 40.7 Å². The summed E-state index contributed by atoms with van der Waals surface area (Å²) < 4.78 is 44.8. The Morgan fingerprint density at radius 2 is 1.65 bits per heavy atom. The van der Waals surface area contributed by atoms with E-state index in [-0.39, 0.29) is 44.8 Å². The van der Waals surface area contributed by atoms with E-state index in [9.17, 15) is 33.0 Å². The van der Waals surface area contributed by atoms with Gasteiger partial charge in [-0.15, -0.1) is 0 Å². The van der Waals surface area contributed by atoms with E-state index in [1.807, 2.05) is 0 Å². The van der Waals surface area contributed by atoms with Gasteiger partial charge in [0.15, 0.2) is 5.75 Å². The monoisotopic (exact) mass is 551 g/mol. The summed E-state index contributed by atoms with van der Waals surface area (Å²) in [6, 6.07) is 11.3. The van der Waals surface area contributed by atoms with Gasteiger partial charge in [-0.3, -0.25) is 9.59 Å². The third-order valence-electron chi connectivity index (χ3n) is 5.83. The molecule has 0 saturated carbocycles. The van der Waals surface area contributed by atoms with E-state index < -0.39 is 35.2 Å². The lowest BCUT2D eigenvalue weighted by molar-refractivity contribution is -0.140. The Hall–Kier alpha value is -3.69. The molecule has 0 radical (unpaired) electrons. The summed E-state index contributed by atoms with van der Waals surface area (Å²) in [5.74, 6) is -2.62. The number of halogens is 5. The molecule has 1 fully saturated rings. The van der Waals surface area contributed by atoms with Crippen LogP contribution >= 0.6 is 23.2 Å². The number of phenolic OH excluding ortho intramolecular Hbond substituents is 1. The van der Waals surface area contributed by atoms with Crippen molar-refractivity contribution in [3.8, 4) is 11.5 Å². The molecule has 0 bridgehead atoms. The fraction of sp³-hybridized carbons (Fsp3) is 0.154. The number of alkyl halides is 3. The molecule has 11 heteroatoms. The van der Waals surface area contributed by atoms with Crippen LogP contribution in [0.25, 0.3) is 5.76 Å². The maximum absolute atomic E-state index is 13.2. The first-order chi connectivity index (χ1) is 17.4. The molecule has 1 aliphatic heterocycles. The van der Waals surface area contributed by atoms with Crippen LogP contribution in [0.5, 0.6) is 11.5 Å². The second kappa shape index (κ2) is 9.99. The third-order valence-corrected chi connectivity index (χ3v) is 6.39. The third kappa shape index (κ3) is 5.10. The molecule has 1 heterocycles. The molecule has 1 unspecified atom stereocenters. The second-order valence-electron chi connectivity index (χ2n) is 8.19. The molecular formula is C26H18Cl2F3NO5. The minimum absolute atomic E-state index is 0.0247. The summed E-state index contributed by atoms with van der Waals surface area (Å²) in [5, 5.41) is 21.0. The zero-order valence-corrected chi connectivity index (χ0v) is 20.5. The predicted molar refractivity (Wildman–Crippen MR) is 130 cm³/mol. The van der Waals surface area contributed by atoms with Gasteiger partial charge >= 0.3 is 6.18 Å². The maximum atomic E-state index is 13.2. The summed E-state index contributed by atoms with van der Waals surface area (Å²) >= 11 is 12.4. The summed E-state index contributed by atoms with van der Waals surface area (Å²) in [7, 11) is 1.34. The van der Waals surface area contributed by atoms with Crippen molar-refractivity contribution < 1.29 is 37.7 Å². The fourth-order valence-electron chi connectivity index (χ4n) is 4.14. The molecule has 1 aliphatic rings. The summed E-state index contributed by atoms with van der Waals surface area (Å²) in [4.78, 5) is 27.3. The zero-order chi connectivity index (χ0) is 27.1. The normalized spacial score (nSPS) is 17.4. The van der Waals surface area contributed by atoms with Crippen molar-refractivity contribution in [2.45, 2.75) is 18.8 Å². The second-order valence-corrected chi connectivity index (χ2v) is 9.00. The van der Waals surface area contributed by atoms with Crippen molar-refractivity contribution in [3.63, 3.8) is 0 Å². The van der Waals surface area contributed by atoms with Crippen molar-refractivity contribution in [3.05, 3.63) is 98.5 Å². The van der Waals surface area contributed by atoms with E-state index in [0.717, 1.165) is 17.0 Å². The van der Waals surface area contributed by atoms with Gasteiger partial charge in [0.2, 0.25) is 0 Å². The van der Waals surface area contributed by atoms with Crippen LogP contribution in [0.15, 0.2) is 66.2 Å². The van der Waals surface area contributed by atoms with Gasteiger partial charge in [0.05, 0.1) is 34.3 Å². The van der Waals surface area contributed by atoms with Crippen molar-refractivity contribution in [1.29, 1.82) is 0 Å². The molecule has 0 spiro atoms. The van der Waals surface area contributed by atoms with Crippen molar-refractivity contribution in [2.75, 3.05) is 7.11 Å². The summed E-state index contributed by atoms with van der Waals surface area (Å²) in [5.41, 5.74) is -0.755. The van der Waals surface area contributed by atoms with E-state index in [2.05, 4.69) is 0 Å². The number of nitrogens with zero attached hydrogens (tertiary/aromatic N) is 1. The van der Waals surface area contributed by atoms with E-state index in [1.165, 1.54) is 55.6 Å². The Morgan fingerprint density at radius 3 is 2.22 bits per heavy atom. The minimum Gasteiger partial charge on any atom is -0.508 e. The van der Waals surface area contributed by atoms with Gasteiger partial charge in [0, 0.05) is 12.1 Å². The van der Waals surface area contributed by atoms with E-state index in [0.29, 0.717) is 5.56 Å². The Bertz CT molecular complexity index is 1400. The number of benzene rings is 3. The number of aromatic hydroxyl groups is 1. The highest BCUT2D eigenvalue weighted by molar-refractivity contribution is 6.46. The van der Waals surface area contributed by atoms with Crippen molar-refractivity contribution in [1.82, 2.24) is 4.90 Å². The number of amides is 1. The van der Waals surface area contributed by atoms with Gasteiger partial charge in [0.1, 0.15) is 11.5 Å². The lowest BCUT2D eigenvalue weighted by atomic mass is 9.95. The quantitative estimate of drug-likeness (QED) is 0.219. The Balaban J connectivity index is 1.87. The Morgan fingerprint density at radius 1 is 1.03 bits per heavy atom. The van der Waals surface area contributed by atoms with Gasteiger partial charge in [-0.25, -0.2) is 0 Å². The summed E-state index contributed by atoms with van der Waals surface area (Å²) in [6.45, 7) is -0.360. The lowest BCUT2D eigenvalue weighted by Gasteiger charge is -2.26. The molecule has 1 amide bonds. The van der Waals surface area contributed by atoms with E-state index in [4.69, 9.17) is 27.9 Å². The number of likely N-dealkylation sites (tertiary alicyclic amines) is 1. The molecule has 0 aromatic heterocycles. The van der Waals surface area contributed by atoms with Gasteiger partial charge in [-0.05, 0) is 47.5 Å². The molecule has 1 saturated heterocycles. The lowest BCUT2D eigenvalue weighted by Crippen LogP contribution is -2.29. The molecule has 2 N–H and O–H groups in total. The highest BCUT2D eigenvalue weighted by atomic mass is 35.5. The molecule has 0 aliphatic carbocycles. The van der Waals surface area contributed by atoms with Crippen LogP contribution in [0.2, 0.25) is 10.0 Å². The minimum atomic E-state index is -4.60. The number of hydrogen-bond donors (Lipinski definition) is 2. The van der Waals surface area contributed by atoms with Crippen LogP contribution in [0.1, 0.15) is 28.3 Å². The molecule has 37 heavy (non-hydrogen) atoms. The average molecular weight is 552 g/mol. The highest BCUT2D eigenvalue weighted by Crippen LogP contribution is 2.43. The van der Waals surface area contributed by atoms with Gasteiger partial charge < -0.3 is 19.8 Å². The number of phenols is 1. The number of aliphatic hydroxyl groups excluding tert-OH is 1. The smallest absolute Gasteiger partial charge is 0.416 e. The highest BCUT2D eigenvalue weighted by Gasteiger charge is 2.46. The largest absolute Gasteiger partial charge is 0.508 e. The van der Waals surface area contributed by atoms with Crippen LogP contribution in [0, 0.1) is 0 Å². The molecule has 1 atom stereocenters. The number of ketones is 1. The number of ether oxygens (including phenoxy) is 1. The number of carbonyl (C=O) groups excluding carboxylic acids is 2. The Labute approximate surface area is 219 Å². The first kappa shape index (κ1) is 26.4. The van der Waals surface area contributed by atoms with Gasteiger partial charge in [0.25, 0.3) is 11.7 Å². The van der Waals surface area contributed by atoms with Crippen LogP contribution in [-0.2, 0) is 22.3 Å². The van der Waals surface area contributed by atoms with E-state index in [1.54, 1.807) is 0 Å². The SMILES string of the molecule is COc1c(Cl)cc(/C(O)=C2\C(=O)C(=O)N(Cc3cccc(C(F)(F)F)c3)C2c2ccc(O)cc2)cc1Cl. The Kier molecular flexibility index (Phi) is 7.12. The standard InChI is InChI=1S/C26H18Cl2F3NO5/c1-37-24-18(27)10-15(11-19(24)28)22(34)20-21(14-5-7-17(33)8-6-14)32(25(36)23(20)35)12-13-3-2-4-16(9-13)26(29,30)31/h2-11,21,33-34H,12H2,1H3/b22-20+. The molecule has 192 valence electrons. The topological polar surface area (TPSA) is 87.1 Å².